The zero-order valence-electron chi connectivity index (χ0n) is 11.2. The van der Waals surface area contributed by atoms with Crippen LogP contribution in [-0.4, -0.2) is 26.2 Å². The molecule has 0 bridgehead atoms. The molecule has 1 amide bonds. The van der Waals surface area contributed by atoms with Gasteiger partial charge in [0.2, 0.25) is 0 Å². The lowest BCUT2D eigenvalue weighted by molar-refractivity contribution is -0.123. The van der Waals surface area contributed by atoms with Gasteiger partial charge in [-0.15, -0.1) is 0 Å². The molecule has 1 rings (SSSR count). The van der Waals surface area contributed by atoms with Gasteiger partial charge in [0, 0.05) is 13.1 Å². The van der Waals surface area contributed by atoms with Crippen molar-refractivity contribution in [3.8, 4) is 11.5 Å². The molecule has 0 radical (unpaired) electrons. The van der Waals surface area contributed by atoms with Crippen LogP contribution in [0.5, 0.6) is 11.5 Å². The average molecular weight is 331 g/mol. The van der Waals surface area contributed by atoms with Gasteiger partial charge in [0.1, 0.15) is 0 Å². The smallest absolute Gasteiger partial charge is 0.257 e. The first kappa shape index (κ1) is 15.8. The summed E-state index contributed by atoms with van der Waals surface area (Å²) in [4.78, 5) is 11.5. The number of benzene rings is 1. The van der Waals surface area contributed by atoms with Crippen molar-refractivity contribution in [1.82, 2.24) is 5.32 Å². The summed E-state index contributed by atoms with van der Waals surface area (Å²) in [5.41, 5.74) is 6.51. The zero-order chi connectivity index (χ0) is 14.3. The number of ether oxygens (including phenoxy) is 2. The maximum atomic E-state index is 11.5. The summed E-state index contributed by atoms with van der Waals surface area (Å²) in [5, 5.41) is 2.74. The molecule has 0 saturated heterocycles. The third-order valence-corrected chi connectivity index (χ3v) is 3.03. The molecule has 0 spiro atoms. The highest BCUT2D eigenvalue weighted by Gasteiger charge is 2.12. The molecule has 0 aromatic heterocycles. The first-order valence-electron chi connectivity index (χ1n) is 6.08. The summed E-state index contributed by atoms with van der Waals surface area (Å²) in [6.45, 7) is 3.00. The number of carbonyl (C=O) groups excluding carboxylic acids is 1. The van der Waals surface area contributed by atoms with Crippen molar-refractivity contribution in [2.45, 2.75) is 19.9 Å². The minimum absolute atomic E-state index is 0.0447. The molecule has 5 nitrogen and oxygen atoms in total. The number of nitrogens with two attached hydrogens (primary N) is 1. The van der Waals surface area contributed by atoms with Crippen LogP contribution in [0.25, 0.3) is 0 Å². The molecule has 19 heavy (non-hydrogen) atoms. The third kappa shape index (κ3) is 4.72. The van der Waals surface area contributed by atoms with Crippen LogP contribution in [0, 0.1) is 0 Å². The molecule has 0 aliphatic carbocycles. The van der Waals surface area contributed by atoms with Crippen LogP contribution < -0.4 is 20.5 Å². The van der Waals surface area contributed by atoms with Crippen molar-refractivity contribution >= 4 is 21.8 Å². The molecule has 106 valence electrons. The van der Waals surface area contributed by atoms with Crippen LogP contribution in [-0.2, 0) is 11.3 Å². The van der Waals surface area contributed by atoms with Crippen LogP contribution in [0.1, 0.15) is 18.9 Å². The quantitative estimate of drug-likeness (QED) is 0.799. The van der Waals surface area contributed by atoms with Crippen LogP contribution >= 0.6 is 15.9 Å². The molecule has 1 aromatic carbocycles. The second-order valence-corrected chi connectivity index (χ2v) is 4.81. The van der Waals surface area contributed by atoms with Crippen molar-refractivity contribution in [3.05, 3.63) is 22.2 Å². The molecule has 0 atom stereocenters. The maximum Gasteiger partial charge on any atom is 0.257 e. The number of methoxy groups -OCH3 is 1. The predicted octanol–water partition coefficient (Wildman–Crippen LogP) is 1.82. The van der Waals surface area contributed by atoms with Crippen molar-refractivity contribution in [2.75, 3.05) is 20.3 Å². The van der Waals surface area contributed by atoms with Crippen molar-refractivity contribution in [3.63, 3.8) is 0 Å². The predicted molar refractivity (Wildman–Crippen MR) is 77.4 cm³/mol. The minimum atomic E-state index is -0.154. The average Bonchev–Trinajstić information content (AvgIpc) is 2.42. The Kier molecular flexibility index (Phi) is 6.66. The van der Waals surface area contributed by atoms with E-state index < -0.39 is 0 Å². The summed E-state index contributed by atoms with van der Waals surface area (Å²) in [6.07, 6.45) is 0.893. The lowest BCUT2D eigenvalue weighted by atomic mass is 10.2. The lowest BCUT2D eigenvalue weighted by Gasteiger charge is -2.13. The molecule has 0 saturated carbocycles. The first-order valence-corrected chi connectivity index (χ1v) is 6.87. The number of hydrogen-bond acceptors (Lipinski definition) is 4. The van der Waals surface area contributed by atoms with E-state index in [9.17, 15) is 4.79 Å². The summed E-state index contributed by atoms with van der Waals surface area (Å²) in [5.74, 6) is 0.906. The van der Waals surface area contributed by atoms with E-state index in [1.807, 2.05) is 13.0 Å². The Morgan fingerprint density at radius 2 is 2.21 bits per heavy atom. The SMILES string of the molecule is CCCNC(=O)COc1c(Br)cc(CN)cc1OC. The third-order valence-electron chi connectivity index (χ3n) is 2.44. The molecule has 6 heteroatoms. The van der Waals surface area contributed by atoms with E-state index in [0.717, 1.165) is 16.5 Å². The minimum Gasteiger partial charge on any atom is -0.493 e. The standard InChI is InChI=1S/C13H19BrN2O3/c1-3-4-16-12(17)8-19-13-10(14)5-9(7-15)6-11(13)18-2/h5-6H,3-4,7-8,15H2,1-2H3,(H,16,17). The van der Waals surface area contributed by atoms with Gasteiger partial charge in [-0.25, -0.2) is 0 Å². The topological polar surface area (TPSA) is 73.6 Å². The molecular formula is C13H19BrN2O3. The second kappa shape index (κ2) is 8.01. The summed E-state index contributed by atoms with van der Waals surface area (Å²) >= 11 is 3.39. The molecule has 0 heterocycles. The largest absolute Gasteiger partial charge is 0.493 e. The number of rotatable bonds is 7. The molecule has 0 unspecified atom stereocenters. The summed E-state index contributed by atoms with van der Waals surface area (Å²) < 4.78 is 11.5. The fourth-order valence-electron chi connectivity index (χ4n) is 1.48. The van der Waals surface area contributed by atoms with E-state index in [1.54, 1.807) is 13.2 Å². The van der Waals surface area contributed by atoms with Gasteiger partial charge >= 0.3 is 0 Å². The first-order chi connectivity index (χ1) is 9.12. The number of amides is 1. The number of carbonyl (C=O) groups is 1. The van der Waals surface area contributed by atoms with E-state index >= 15 is 0 Å². The Morgan fingerprint density at radius 3 is 2.79 bits per heavy atom. The molecule has 1 aromatic rings. The van der Waals surface area contributed by atoms with Gasteiger partial charge in [-0.2, -0.15) is 0 Å². The van der Waals surface area contributed by atoms with E-state index in [1.165, 1.54) is 0 Å². The number of hydrogen-bond donors (Lipinski definition) is 2. The number of halogens is 1. The van der Waals surface area contributed by atoms with Gasteiger partial charge in [0.15, 0.2) is 18.1 Å². The Bertz CT molecular complexity index is 438. The van der Waals surface area contributed by atoms with Crippen molar-refractivity contribution in [1.29, 1.82) is 0 Å². The summed E-state index contributed by atoms with van der Waals surface area (Å²) in [6, 6.07) is 3.64. The van der Waals surface area contributed by atoms with Gasteiger partial charge in [-0.1, -0.05) is 6.92 Å². The lowest BCUT2D eigenvalue weighted by Crippen LogP contribution is -2.29. The van der Waals surface area contributed by atoms with E-state index in [2.05, 4.69) is 21.2 Å². The Morgan fingerprint density at radius 1 is 1.47 bits per heavy atom. The highest BCUT2D eigenvalue weighted by atomic mass is 79.9. The van der Waals surface area contributed by atoms with E-state index in [4.69, 9.17) is 15.2 Å². The van der Waals surface area contributed by atoms with Crippen LogP contribution in [0.4, 0.5) is 0 Å². The van der Waals surface area contributed by atoms with Crippen LogP contribution in [0.2, 0.25) is 0 Å². The Balaban J connectivity index is 2.74. The second-order valence-electron chi connectivity index (χ2n) is 3.95. The fourth-order valence-corrected chi connectivity index (χ4v) is 2.09. The summed E-state index contributed by atoms with van der Waals surface area (Å²) in [7, 11) is 1.55. The molecule has 0 aliphatic heterocycles. The highest BCUT2D eigenvalue weighted by molar-refractivity contribution is 9.10. The van der Waals surface area contributed by atoms with E-state index in [0.29, 0.717) is 24.6 Å². The van der Waals surface area contributed by atoms with Gasteiger partial charge in [0.05, 0.1) is 11.6 Å². The zero-order valence-corrected chi connectivity index (χ0v) is 12.7. The van der Waals surface area contributed by atoms with E-state index in [-0.39, 0.29) is 12.5 Å². The van der Waals surface area contributed by atoms with Gasteiger partial charge < -0.3 is 20.5 Å². The van der Waals surface area contributed by atoms with Gasteiger partial charge in [0.25, 0.3) is 5.91 Å². The molecule has 3 N–H and O–H groups in total. The molecule has 0 fully saturated rings. The fraction of sp³-hybridized carbons (Fsp3) is 0.462. The number of nitrogens with one attached hydrogen (secondary N) is 1. The van der Waals surface area contributed by atoms with Gasteiger partial charge in [-0.3, -0.25) is 4.79 Å². The van der Waals surface area contributed by atoms with Crippen molar-refractivity contribution in [2.24, 2.45) is 5.73 Å². The Hall–Kier alpha value is -1.27. The monoisotopic (exact) mass is 330 g/mol. The van der Waals surface area contributed by atoms with Gasteiger partial charge in [-0.05, 0) is 40.0 Å². The van der Waals surface area contributed by atoms with Crippen molar-refractivity contribution < 1.29 is 14.3 Å². The maximum absolute atomic E-state index is 11.5. The normalized spacial score (nSPS) is 10.1. The van der Waals surface area contributed by atoms with Crippen LogP contribution in [0.3, 0.4) is 0 Å². The highest BCUT2D eigenvalue weighted by Crippen LogP contribution is 2.36. The molecular weight excluding hydrogens is 312 g/mol. The Labute approximate surface area is 121 Å². The molecule has 0 aliphatic rings. The van der Waals surface area contributed by atoms with Crippen LogP contribution in [0.15, 0.2) is 16.6 Å².